The maximum atomic E-state index is 15.1. The van der Waals surface area contributed by atoms with Crippen molar-refractivity contribution in [3.8, 4) is 11.5 Å². The second-order valence-corrected chi connectivity index (χ2v) is 27.3. The molecule has 0 saturated carbocycles. The zero-order valence-corrected chi connectivity index (χ0v) is 61.6. The van der Waals surface area contributed by atoms with Gasteiger partial charge in [0, 0.05) is 187 Å². The minimum atomic E-state index is -1.40. The number of halogens is 2. The van der Waals surface area contributed by atoms with Gasteiger partial charge in [0.25, 0.3) is 11.8 Å². The van der Waals surface area contributed by atoms with Crippen molar-refractivity contribution < 1.29 is 38.9 Å². The van der Waals surface area contributed by atoms with Crippen molar-refractivity contribution in [3.63, 3.8) is 0 Å². The molecular formula is C83H84Cl2N16O8. The van der Waals surface area contributed by atoms with Gasteiger partial charge in [0.15, 0.2) is 4.84 Å². The first kappa shape index (κ1) is 78.3. The van der Waals surface area contributed by atoms with Gasteiger partial charge in [-0.05, 0) is 126 Å². The lowest BCUT2D eigenvalue weighted by Gasteiger charge is -2.26. The summed E-state index contributed by atoms with van der Waals surface area (Å²) in [7, 11) is 1.23. The number of carbonyl (C=O) groups is 5. The molecule has 8 aromatic heterocycles. The average molecular weight is 1500 g/mol. The van der Waals surface area contributed by atoms with Crippen molar-refractivity contribution in [1.82, 2.24) is 75.4 Å². The molecule has 0 saturated heterocycles. The third-order valence-corrected chi connectivity index (χ3v) is 18.1. The number of rotatable bonds is 38. The molecule has 0 radical (unpaired) electrons. The normalized spacial score (nSPS) is 11.9. The van der Waals surface area contributed by atoms with Crippen LogP contribution in [0.25, 0.3) is 0 Å². The molecule has 0 aliphatic heterocycles. The number of ether oxygens (including phenoxy) is 1. The van der Waals surface area contributed by atoms with Gasteiger partial charge in [0.2, 0.25) is 11.8 Å². The van der Waals surface area contributed by atoms with Gasteiger partial charge < -0.3 is 36.2 Å². The number of anilines is 1. The van der Waals surface area contributed by atoms with E-state index in [0.29, 0.717) is 85.7 Å². The fourth-order valence-corrected chi connectivity index (χ4v) is 12.8. The fourth-order valence-electron chi connectivity index (χ4n) is 12.7. The summed E-state index contributed by atoms with van der Waals surface area (Å²) >= 11 is 11.8. The van der Waals surface area contributed by atoms with Crippen molar-refractivity contribution in [3.05, 3.63) is 328 Å². The number of hydrogen-bond donors (Lipinski definition) is 6. The van der Waals surface area contributed by atoms with Gasteiger partial charge in [-0.3, -0.25) is 78.6 Å². The van der Waals surface area contributed by atoms with Crippen LogP contribution in [0.5, 0.6) is 11.5 Å². The number of aromatic nitrogens is 8. The number of phenols is 2. The van der Waals surface area contributed by atoms with E-state index in [1.165, 1.54) is 19.2 Å². The Kier molecular flexibility index (Phi) is 28.9. The average Bonchev–Trinajstić information content (AvgIpc) is 0.812. The number of hydrogen-bond acceptors (Lipinski definition) is 20. The lowest BCUT2D eigenvalue weighted by atomic mass is 9.97. The monoisotopic (exact) mass is 1500 g/mol. The van der Waals surface area contributed by atoms with Gasteiger partial charge >= 0.3 is 5.97 Å². The van der Waals surface area contributed by atoms with Gasteiger partial charge in [0.1, 0.15) is 23.6 Å². The Morgan fingerprint density at radius 3 is 1.01 bits per heavy atom. The van der Waals surface area contributed by atoms with E-state index in [1.54, 1.807) is 61.7 Å². The van der Waals surface area contributed by atoms with Crippen LogP contribution in [0.4, 0.5) is 5.69 Å². The van der Waals surface area contributed by atoms with E-state index in [2.05, 4.69) is 80.7 Å². The predicted molar refractivity (Wildman–Crippen MR) is 413 cm³/mol. The molecule has 0 aliphatic rings. The number of phenolic OH excluding ortho intramolecular Hbond substituents is 2. The molecule has 0 unspecified atom stereocenters. The smallest absolute Gasteiger partial charge is 0.328 e. The molecule has 4 amide bonds. The van der Waals surface area contributed by atoms with E-state index in [1.807, 2.05) is 170 Å². The van der Waals surface area contributed by atoms with Crippen molar-refractivity contribution in [2.45, 2.75) is 115 Å². The predicted octanol–water partition coefficient (Wildman–Crippen LogP) is 10.6. The van der Waals surface area contributed by atoms with E-state index in [-0.39, 0.29) is 74.7 Å². The summed E-state index contributed by atoms with van der Waals surface area (Å²) in [6.07, 6.45) is 13.2. The highest BCUT2D eigenvalue weighted by Crippen LogP contribution is 2.33. The molecule has 11 rings (SSSR count). The number of benzene rings is 3. The molecule has 24 nitrogen and oxygen atoms in total. The molecule has 109 heavy (non-hydrogen) atoms. The molecular weight excluding hydrogens is 1420 g/mol. The molecule has 0 fully saturated rings. The number of nitrogens with one attached hydrogen (secondary N) is 4. The number of nitrogens with zero attached hydrogens (tertiary/aromatic N) is 12. The van der Waals surface area contributed by atoms with Crippen LogP contribution in [0.2, 0.25) is 0 Å². The highest BCUT2D eigenvalue weighted by molar-refractivity contribution is 6.54. The highest BCUT2D eigenvalue weighted by Gasteiger charge is 2.29. The SMILES string of the molecule is COC(=O)[C@H](Cc1cc(CN(Cc2ccccn2)Cc2ccccn2)c(O)c(CN(Cc2ccccn2)Cc2ccccn2)c1)NC(=O)CCNC(=O)[C@H](Cc1cc(CN(Cc2ccccn2)Cc2ccccn2)c(O)c(CN(Cc2ccccn2)Cc2ccccn2)c1)NC(=O)c1cccc(NC(=O)C(Cl)Cl)c1. The lowest BCUT2D eigenvalue weighted by Crippen LogP contribution is -2.49. The molecule has 558 valence electrons. The van der Waals surface area contributed by atoms with Crippen LogP contribution in [-0.4, -0.2) is 130 Å². The zero-order valence-electron chi connectivity index (χ0n) is 60.1. The largest absolute Gasteiger partial charge is 0.507 e. The summed E-state index contributed by atoms with van der Waals surface area (Å²) in [5.41, 5.74) is 9.77. The van der Waals surface area contributed by atoms with E-state index in [9.17, 15) is 29.4 Å². The van der Waals surface area contributed by atoms with E-state index < -0.39 is 46.5 Å². The number of methoxy groups -OCH3 is 1. The van der Waals surface area contributed by atoms with Gasteiger partial charge in [-0.2, -0.15) is 0 Å². The molecule has 3 aromatic carbocycles. The van der Waals surface area contributed by atoms with Crippen LogP contribution in [0.3, 0.4) is 0 Å². The summed E-state index contributed by atoms with van der Waals surface area (Å²) < 4.78 is 5.36. The van der Waals surface area contributed by atoms with Gasteiger partial charge in [-0.15, -0.1) is 0 Å². The van der Waals surface area contributed by atoms with Crippen molar-refractivity contribution >= 4 is 58.5 Å². The number of esters is 1. The Labute approximate surface area is 642 Å². The van der Waals surface area contributed by atoms with E-state index in [4.69, 9.17) is 27.9 Å². The molecule has 6 N–H and O–H groups in total. The number of carbonyl (C=O) groups excluding carboxylic acids is 5. The lowest BCUT2D eigenvalue weighted by molar-refractivity contribution is -0.145. The van der Waals surface area contributed by atoms with Crippen LogP contribution in [-0.2, 0) is 115 Å². The summed E-state index contributed by atoms with van der Waals surface area (Å²) in [4.78, 5) is 115. The standard InChI is InChI=1S/C83H84Cl2N16O8/c1-109-83(108)75(44-59-41-63(48-100(54-70-24-6-14-34-90-70)55-71-25-7-15-35-91-71)78(104)64(42-59)49-101(56-72-26-8-16-36-92-72)57-73-27-9-17-37-93-73)96-76(102)29-38-94-81(106)74(97-80(105)60-19-18-28-65(45-60)95-82(107)79(84)85)43-58-39-61(46-98(50-66-20-2-10-30-86-66)51-67-21-3-11-31-87-67)77(103)62(40-58)47-99(52-68-22-4-12-32-88-68)53-69-23-5-13-33-89-69/h2-28,30-37,39-42,45,74-75,79,103-104H,29,38,43-44,46-57H2,1H3,(H,94,106)(H,95,107)(H,96,102)(H,97,105)/t74-,75-/m0/s1. The van der Waals surface area contributed by atoms with E-state index >= 15 is 4.79 Å². The molecule has 0 bridgehead atoms. The summed E-state index contributed by atoms with van der Waals surface area (Å²) in [5, 5.41) is 36.5. The molecule has 11 aromatic rings. The van der Waals surface area contributed by atoms with Gasteiger partial charge in [0.05, 0.1) is 52.7 Å². The maximum absolute atomic E-state index is 15.1. The van der Waals surface area contributed by atoms with Gasteiger partial charge in [-0.1, -0.05) is 102 Å². The zero-order chi connectivity index (χ0) is 76.1. The minimum Gasteiger partial charge on any atom is -0.507 e. The molecule has 0 spiro atoms. The molecule has 0 aliphatic carbocycles. The number of aromatic hydroxyl groups is 2. The second kappa shape index (κ2) is 40.3. The van der Waals surface area contributed by atoms with Crippen molar-refractivity contribution in [1.29, 1.82) is 0 Å². The topological polar surface area (TPSA) is 299 Å². The maximum Gasteiger partial charge on any atom is 0.328 e. The second-order valence-electron chi connectivity index (χ2n) is 26.2. The van der Waals surface area contributed by atoms with Crippen molar-refractivity contribution in [2.24, 2.45) is 0 Å². The third-order valence-electron chi connectivity index (χ3n) is 17.7. The van der Waals surface area contributed by atoms with Crippen LogP contribution in [0, 0.1) is 0 Å². The van der Waals surface area contributed by atoms with Crippen LogP contribution in [0.1, 0.15) is 95.7 Å². The van der Waals surface area contributed by atoms with Crippen LogP contribution >= 0.6 is 23.2 Å². The highest BCUT2D eigenvalue weighted by atomic mass is 35.5. The molecule has 8 heterocycles. The minimum absolute atomic E-state index is 0.00475. The Morgan fingerprint density at radius 2 is 0.716 bits per heavy atom. The number of amides is 4. The Morgan fingerprint density at radius 1 is 0.394 bits per heavy atom. The summed E-state index contributed by atoms with van der Waals surface area (Å²) in [6.45, 7) is 3.58. The number of alkyl halides is 2. The summed E-state index contributed by atoms with van der Waals surface area (Å²) in [5.74, 6) is -3.42. The first-order valence-electron chi connectivity index (χ1n) is 35.5. The van der Waals surface area contributed by atoms with Crippen molar-refractivity contribution in [2.75, 3.05) is 19.0 Å². The van der Waals surface area contributed by atoms with Crippen LogP contribution in [0.15, 0.2) is 244 Å². The Hall–Kier alpha value is -11.8. The first-order chi connectivity index (χ1) is 53.1. The third kappa shape index (κ3) is 24.6. The van der Waals surface area contributed by atoms with Gasteiger partial charge in [-0.25, -0.2) is 4.79 Å². The Balaban J connectivity index is 0.888. The van der Waals surface area contributed by atoms with Crippen LogP contribution < -0.4 is 21.3 Å². The summed E-state index contributed by atoms with van der Waals surface area (Å²) in [6, 6.07) is 56.1. The van der Waals surface area contributed by atoms with E-state index in [0.717, 1.165) is 45.6 Å². The quantitative estimate of drug-likeness (QED) is 0.0155. The Bertz CT molecular complexity index is 4350. The number of pyridine rings is 8. The fraction of sp³-hybridized carbons (Fsp3) is 0.241. The first-order valence-corrected chi connectivity index (χ1v) is 36.4. The molecule has 26 heteroatoms. The molecule has 2 atom stereocenters.